The Morgan fingerprint density at radius 2 is 1.21 bits per heavy atom. The zero-order valence-electron chi connectivity index (χ0n) is 16.9. The van der Waals surface area contributed by atoms with Crippen molar-refractivity contribution in [1.29, 1.82) is 0 Å². The Bertz CT molecular complexity index is 1430. The van der Waals surface area contributed by atoms with E-state index in [1.807, 2.05) is 45.3 Å². The molecule has 0 unspecified atom stereocenters. The van der Waals surface area contributed by atoms with Gasteiger partial charge in [-0.3, -0.25) is 0 Å². The van der Waals surface area contributed by atoms with Crippen molar-refractivity contribution in [2.75, 3.05) is 0 Å². The topological polar surface area (TPSA) is 0 Å². The van der Waals surface area contributed by atoms with E-state index < -0.39 is 16.1 Å². The van der Waals surface area contributed by atoms with E-state index in [0.29, 0.717) is 0 Å². The van der Waals surface area contributed by atoms with E-state index in [9.17, 15) is 0 Å². The van der Waals surface area contributed by atoms with Gasteiger partial charge in [-0.1, -0.05) is 45.2 Å². The van der Waals surface area contributed by atoms with Gasteiger partial charge in [-0.2, -0.15) is 0 Å². The Morgan fingerprint density at radius 3 is 1.79 bits per heavy atom. The van der Waals surface area contributed by atoms with Crippen LogP contribution in [0, 0.1) is 11.5 Å². The SMILES string of the molecule is C[Si](C)(C)C#Cc1cc2sc3cc4c(cc3c2s1)sc1cc([Si](C)(C)C)sc14. The molecule has 0 nitrogen and oxygen atoms in total. The van der Waals surface area contributed by atoms with Crippen LogP contribution in [0.1, 0.15) is 4.88 Å². The van der Waals surface area contributed by atoms with Crippen LogP contribution in [0.2, 0.25) is 39.3 Å². The lowest BCUT2D eigenvalue weighted by Gasteiger charge is -2.12. The van der Waals surface area contributed by atoms with Crippen molar-refractivity contribution < 1.29 is 0 Å². The molecule has 28 heavy (non-hydrogen) atoms. The minimum atomic E-state index is -1.33. The molecular formula is C22H22S4Si2. The minimum absolute atomic E-state index is 1.22. The first-order valence-electron chi connectivity index (χ1n) is 9.44. The fourth-order valence-corrected chi connectivity index (χ4v) is 10.8. The van der Waals surface area contributed by atoms with E-state index in [0.717, 1.165) is 0 Å². The predicted octanol–water partition coefficient (Wildman–Crippen LogP) is 8.32. The molecule has 4 aromatic heterocycles. The van der Waals surface area contributed by atoms with Crippen LogP contribution in [0.15, 0.2) is 24.3 Å². The highest BCUT2D eigenvalue weighted by Gasteiger charge is 2.21. The van der Waals surface area contributed by atoms with Gasteiger partial charge in [0.15, 0.2) is 0 Å². The smallest absolute Gasteiger partial charge is 0.129 e. The number of rotatable bonds is 1. The van der Waals surface area contributed by atoms with E-state index >= 15 is 0 Å². The molecule has 0 N–H and O–H groups in total. The van der Waals surface area contributed by atoms with Gasteiger partial charge in [0.05, 0.1) is 22.4 Å². The number of benzene rings is 1. The standard InChI is InChI=1S/C22H22S4Si2/c1-27(2,3)8-7-13-9-18-21(23-13)14-10-17-15(11-16(14)24-18)22-19(25-17)12-20(26-22)28(4,5)6/h9-12H,1-6H3. The summed E-state index contributed by atoms with van der Waals surface area (Å²) in [6.45, 7) is 14.2. The summed E-state index contributed by atoms with van der Waals surface area (Å²) in [6, 6.07) is 9.64. The van der Waals surface area contributed by atoms with Gasteiger partial charge in [0, 0.05) is 29.6 Å². The molecule has 5 aromatic rings. The molecule has 0 bridgehead atoms. The van der Waals surface area contributed by atoms with Crippen molar-refractivity contribution in [3.8, 4) is 11.5 Å². The second-order valence-corrected chi connectivity index (χ2v) is 23.8. The Morgan fingerprint density at radius 1 is 0.643 bits per heavy atom. The average Bonchev–Trinajstić information content (AvgIpc) is 3.27. The summed E-state index contributed by atoms with van der Waals surface area (Å²) in [4.78, 5) is 1.22. The summed E-state index contributed by atoms with van der Waals surface area (Å²) >= 11 is 7.80. The fraction of sp³-hybridized carbons (Fsp3) is 0.273. The second-order valence-electron chi connectivity index (χ2n) is 9.41. The molecule has 0 radical (unpaired) electrons. The second kappa shape index (κ2) is 6.27. The maximum absolute atomic E-state index is 3.51. The first kappa shape index (κ1) is 19.0. The van der Waals surface area contributed by atoms with Gasteiger partial charge in [0.25, 0.3) is 0 Å². The summed E-state index contributed by atoms with van der Waals surface area (Å²) in [6.07, 6.45) is 0. The van der Waals surface area contributed by atoms with Crippen LogP contribution >= 0.6 is 45.3 Å². The van der Waals surface area contributed by atoms with E-state index in [1.165, 1.54) is 43.8 Å². The Hall–Kier alpha value is -0.946. The van der Waals surface area contributed by atoms with Gasteiger partial charge in [-0.05, 0) is 28.8 Å². The van der Waals surface area contributed by atoms with Gasteiger partial charge >= 0.3 is 0 Å². The van der Waals surface area contributed by atoms with E-state index in [-0.39, 0.29) is 0 Å². The third-order valence-corrected chi connectivity index (χ3v) is 13.9. The first-order chi connectivity index (χ1) is 13.1. The van der Waals surface area contributed by atoms with Crippen LogP contribution in [-0.4, -0.2) is 16.1 Å². The first-order valence-corrected chi connectivity index (χ1v) is 19.7. The van der Waals surface area contributed by atoms with Crippen molar-refractivity contribution in [3.05, 3.63) is 29.1 Å². The van der Waals surface area contributed by atoms with Gasteiger partial charge < -0.3 is 0 Å². The molecule has 0 aliphatic rings. The molecule has 0 amide bonds. The molecule has 5 rings (SSSR count). The van der Waals surface area contributed by atoms with Crippen LogP contribution < -0.4 is 4.50 Å². The molecule has 0 saturated heterocycles. The van der Waals surface area contributed by atoms with Crippen molar-refractivity contribution in [2.24, 2.45) is 0 Å². The highest BCUT2D eigenvalue weighted by molar-refractivity contribution is 7.38. The maximum Gasteiger partial charge on any atom is 0.129 e. The minimum Gasteiger partial charge on any atom is -0.143 e. The highest BCUT2D eigenvalue weighted by Crippen LogP contribution is 2.45. The van der Waals surface area contributed by atoms with Crippen LogP contribution in [0.25, 0.3) is 39.0 Å². The molecule has 0 aliphatic carbocycles. The Labute approximate surface area is 183 Å². The average molecular weight is 471 g/mol. The van der Waals surface area contributed by atoms with Gasteiger partial charge in [0.1, 0.15) is 8.07 Å². The molecule has 0 aliphatic heterocycles. The number of fused-ring (bicyclic) bond motifs is 6. The van der Waals surface area contributed by atoms with Crippen LogP contribution in [0.3, 0.4) is 0 Å². The summed E-state index contributed by atoms with van der Waals surface area (Å²) in [5.41, 5.74) is 3.51. The monoisotopic (exact) mass is 470 g/mol. The number of hydrogen-bond donors (Lipinski definition) is 0. The molecule has 4 heterocycles. The lowest BCUT2D eigenvalue weighted by atomic mass is 10.2. The third kappa shape index (κ3) is 3.22. The lowest BCUT2D eigenvalue weighted by molar-refractivity contribution is 1.79. The lowest BCUT2D eigenvalue weighted by Crippen LogP contribution is -2.34. The predicted molar refractivity (Wildman–Crippen MR) is 141 cm³/mol. The molecule has 0 fully saturated rings. The Kier molecular flexibility index (Phi) is 4.27. The van der Waals surface area contributed by atoms with Gasteiger partial charge in [-0.15, -0.1) is 50.9 Å². The summed E-state index contributed by atoms with van der Waals surface area (Å²) < 4.78 is 10.2. The van der Waals surface area contributed by atoms with E-state index in [1.54, 1.807) is 4.50 Å². The van der Waals surface area contributed by atoms with Crippen molar-refractivity contribution in [3.63, 3.8) is 0 Å². The summed E-state index contributed by atoms with van der Waals surface area (Å²) in [5.74, 6) is 3.44. The summed E-state index contributed by atoms with van der Waals surface area (Å²) in [7, 11) is -2.58. The molecule has 6 heteroatoms. The molecule has 0 atom stereocenters. The van der Waals surface area contributed by atoms with E-state index in [4.69, 9.17) is 0 Å². The van der Waals surface area contributed by atoms with Crippen LogP contribution in [-0.2, 0) is 0 Å². The van der Waals surface area contributed by atoms with Crippen LogP contribution in [0.5, 0.6) is 0 Å². The summed E-state index contributed by atoms with van der Waals surface area (Å²) in [5, 5.41) is 2.87. The Balaban J connectivity index is 1.69. The normalized spacial score (nSPS) is 13.1. The zero-order chi connectivity index (χ0) is 19.8. The van der Waals surface area contributed by atoms with Crippen molar-refractivity contribution in [2.45, 2.75) is 39.3 Å². The molecule has 1 aromatic carbocycles. The van der Waals surface area contributed by atoms with Gasteiger partial charge in [0.2, 0.25) is 0 Å². The molecular weight excluding hydrogens is 449 g/mol. The molecule has 0 spiro atoms. The fourth-order valence-electron chi connectivity index (χ4n) is 3.28. The maximum atomic E-state index is 3.51. The number of hydrogen-bond acceptors (Lipinski definition) is 4. The molecule has 142 valence electrons. The van der Waals surface area contributed by atoms with Gasteiger partial charge in [-0.25, -0.2) is 0 Å². The van der Waals surface area contributed by atoms with Crippen molar-refractivity contribution in [1.82, 2.24) is 0 Å². The quantitative estimate of drug-likeness (QED) is 0.171. The van der Waals surface area contributed by atoms with Crippen LogP contribution in [0.4, 0.5) is 0 Å². The largest absolute Gasteiger partial charge is 0.143 e. The zero-order valence-corrected chi connectivity index (χ0v) is 22.2. The highest BCUT2D eigenvalue weighted by atomic mass is 32.1. The number of thiophene rings is 4. The third-order valence-electron chi connectivity index (χ3n) is 4.71. The van der Waals surface area contributed by atoms with Crippen molar-refractivity contribution >= 4 is 105 Å². The molecule has 0 saturated carbocycles. The van der Waals surface area contributed by atoms with E-state index in [2.05, 4.69) is 75.0 Å².